The molecule has 0 aromatic rings. The molecular formula is C14H28N2O. The Morgan fingerprint density at radius 3 is 2.41 bits per heavy atom. The van der Waals surface area contributed by atoms with E-state index in [9.17, 15) is 5.11 Å². The number of likely N-dealkylation sites (tertiary alicyclic amines) is 1. The molecule has 2 atom stereocenters. The van der Waals surface area contributed by atoms with Gasteiger partial charge in [-0.2, -0.15) is 0 Å². The quantitative estimate of drug-likeness (QED) is 0.783. The fourth-order valence-corrected chi connectivity index (χ4v) is 3.24. The Kier molecular flexibility index (Phi) is 4.83. The minimum atomic E-state index is -0.0552. The fraction of sp³-hybridized carbons (Fsp3) is 1.00. The van der Waals surface area contributed by atoms with Crippen molar-refractivity contribution in [3.63, 3.8) is 0 Å². The molecule has 2 aliphatic rings. The summed E-state index contributed by atoms with van der Waals surface area (Å²) < 4.78 is 0. The molecule has 0 aromatic heterocycles. The zero-order valence-electron chi connectivity index (χ0n) is 11.4. The molecule has 2 fully saturated rings. The normalized spacial score (nSPS) is 32.5. The third-order valence-corrected chi connectivity index (χ3v) is 4.38. The second-order valence-electron chi connectivity index (χ2n) is 6.11. The maximum atomic E-state index is 9.93. The standard InChI is InChI=1S/C14H28N2O/c1-11(2)15-10-12-6-8-16(9-7-12)13-4-3-5-14(13)17/h11-15,17H,3-10H2,1-2H3. The summed E-state index contributed by atoms with van der Waals surface area (Å²) in [6.07, 6.45) is 5.96. The molecule has 2 N–H and O–H groups in total. The molecule has 1 heterocycles. The minimum Gasteiger partial charge on any atom is -0.391 e. The van der Waals surface area contributed by atoms with E-state index in [1.807, 2.05) is 0 Å². The van der Waals surface area contributed by atoms with Crippen molar-refractivity contribution in [3.05, 3.63) is 0 Å². The van der Waals surface area contributed by atoms with Crippen LogP contribution >= 0.6 is 0 Å². The molecule has 100 valence electrons. The molecule has 3 nitrogen and oxygen atoms in total. The van der Waals surface area contributed by atoms with Gasteiger partial charge in [-0.25, -0.2) is 0 Å². The van der Waals surface area contributed by atoms with E-state index in [2.05, 4.69) is 24.1 Å². The first-order valence-electron chi connectivity index (χ1n) is 7.32. The van der Waals surface area contributed by atoms with Gasteiger partial charge >= 0.3 is 0 Å². The molecule has 0 aromatic carbocycles. The van der Waals surface area contributed by atoms with Gasteiger partial charge in [-0.3, -0.25) is 4.90 Å². The average molecular weight is 240 g/mol. The Bertz CT molecular complexity index is 224. The van der Waals surface area contributed by atoms with E-state index in [0.29, 0.717) is 12.1 Å². The maximum absolute atomic E-state index is 9.93. The van der Waals surface area contributed by atoms with Crippen LogP contribution in [0, 0.1) is 5.92 Å². The van der Waals surface area contributed by atoms with Crippen molar-refractivity contribution < 1.29 is 5.11 Å². The van der Waals surface area contributed by atoms with Gasteiger partial charge < -0.3 is 10.4 Å². The van der Waals surface area contributed by atoms with Crippen molar-refractivity contribution in [1.29, 1.82) is 0 Å². The van der Waals surface area contributed by atoms with Gasteiger partial charge in [0.05, 0.1) is 6.10 Å². The highest BCUT2D eigenvalue weighted by Gasteiger charge is 2.32. The molecular weight excluding hydrogens is 212 g/mol. The second kappa shape index (κ2) is 6.17. The average Bonchev–Trinajstić information content (AvgIpc) is 2.73. The van der Waals surface area contributed by atoms with Crippen molar-refractivity contribution in [2.24, 2.45) is 5.92 Å². The smallest absolute Gasteiger partial charge is 0.0695 e. The summed E-state index contributed by atoms with van der Waals surface area (Å²) in [6, 6.07) is 1.07. The van der Waals surface area contributed by atoms with Gasteiger partial charge in [-0.05, 0) is 57.7 Å². The van der Waals surface area contributed by atoms with Crippen LogP contribution < -0.4 is 5.32 Å². The van der Waals surface area contributed by atoms with Crippen LogP contribution in [0.2, 0.25) is 0 Å². The Morgan fingerprint density at radius 2 is 1.88 bits per heavy atom. The zero-order valence-corrected chi connectivity index (χ0v) is 11.4. The minimum absolute atomic E-state index is 0.0552. The van der Waals surface area contributed by atoms with Crippen molar-refractivity contribution in [2.45, 2.75) is 64.1 Å². The van der Waals surface area contributed by atoms with Gasteiger partial charge in [0.15, 0.2) is 0 Å². The van der Waals surface area contributed by atoms with E-state index < -0.39 is 0 Å². The van der Waals surface area contributed by atoms with Crippen LogP contribution in [0.3, 0.4) is 0 Å². The van der Waals surface area contributed by atoms with Gasteiger partial charge in [0, 0.05) is 12.1 Å². The molecule has 1 saturated carbocycles. The molecule has 0 amide bonds. The number of aliphatic hydroxyl groups excluding tert-OH is 1. The predicted octanol–water partition coefficient (Wildman–Crippen LogP) is 1.61. The van der Waals surface area contributed by atoms with Crippen LogP contribution in [-0.2, 0) is 0 Å². The molecule has 1 aliphatic heterocycles. The van der Waals surface area contributed by atoms with E-state index in [1.54, 1.807) is 0 Å². The molecule has 2 rings (SSSR count). The van der Waals surface area contributed by atoms with Gasteiger partial charge in [0.2, 0.25) is 0 Å². The van der Waals surface area contributed by atoms with Crippen LogP contribution in [0.4, 0.5) is 0 Å². The molecule has 1 saturated heterocycles. The Hall–Kier alpha value is -0.120. The first-order chi connectivity index (χ1) is 8.16. The van der Waals surface area contributed by atoms with Crippen LogP contribution in [0.15, 0.2) is 0 Å². The Labute approximate surface area is 106 Å². The lowest BCUT2D eigenvalue weighted by atomic mass is 9.95. The third kappa shape index (κ3) is 3.67. The summed E-state index contributed by atoms with van der Waals surface area (Å²) in [4.78, 5) is 2.53. The van der Waals surface area contributed by atoms with E-state index in [0.717, 1.165) is 12.3 Å². The van der Waals surface area contributed by atoms with Gasteiger partial charge in [0.25, 0.3) is 0 Å². The number of nitrogens with one attached hydrogen (secondary N) is 1. The monoisotopic (exact) mass is 240 g/mol. The topological polar surface area (TPSA) is 35.5 Å². The molecule has 0 radical (unpaired) electrons. The number of aliphatic hydroxyl groups is 1. The number of rotatable bonds is 4. The fourth-order valence-electron chi connectivity index (χ4n) is 3.24. The van der Waals surface area contributed by atoms with Crippen molar-refractivity contribution in [3.8, 4) is 0 Å². The second-order valence-corrected chi connectivity index (χ2v) is 6.11. The highest BCUT2D eigenvalue weighted by Crippen LogP contribution is 2.28. The molecule has 2 unspecified atom stereocenters. The van der Waals surface area contributed by atoms with E-state index in [4.69, 9.17) is 0 Å². The summed E-state index contributed by atoms with van der Waals surface area (Å²) in [5, 5.41) is 13.5. The molecule has 1 aliphatic carbocycles. The highest BCUT2D eigenvalue weighted by molar-refractivity contribution is 4.87. The van der Waals surface area contributed by atoms with E-state index in [1.165, 1.54) is 45.3 Å². The lowest BCUT2D eigenvalue weighted by Gasteiger charge is -2.37. The summed E-state index contributed by atoms with van der Waals surface area (Å²) in [5.74, 6) is 0.840. The van der Waals surface area contributed by atoms with Gasteiger partial charge in [0.1, 0.15) is 0 Å². The molecule has 0 spiro atoms. The van der Waals surface area contributed by atoms with Crippen molar-refractivity contribution in [2.75, 3.05) is 19.6 Å². The first kappa shape index (κ1) is 13.3. The van der Waals surface area contributed by atoms with Crippen LogP contribution in [-0.4, -0.2) is 47.8 Å². The number of hydrogen-bond acceptors (Lipinski definition) is 3. The van der Waals surface area contributed by atoms with E-state index in [-0.39, 0.29) is 6.10 Å². The van der Waals surface area contributed by atoms with Crippen LogP contribution in [0.25, 0.3) is 0 Å². The maximum Gasteiger partial charge on any atom is 0.0695 e. The highest BCUT2D eigenvalue weighted by atomic mass is 16.3. The van der Waals surface area contributed by atoms with E-state index >= 15 is 0 Å². The van der Waals surface area contributed by atoms with Crippen LogP contribution in [0.5, 0.6) is 0 Å². The molecule has 3 heteroatoms. The summed E-state index contributed by atoms with van der Waals surface area (Å²) in [6.45, 7) is 7.96. The third-order valence-electron chi connectivity index (χ3n) is 4.38. The summed E-state index contributed by atoms with van der Waals surface area (Å²) in [5.41, 5.74) is 0. The summed E-state index contributed by atoms with van der Waals surface area (Å²) >= 11 is 0. The molecule has 17 heavy (non-hydrogen) atoms. The Morgan fingerprint density at radius 1 is 1.18 bits per heavy atom. The predicted molar refractivity (Wildman–Crippen MR) is 71.1 cm³/mol. The number of nitrogens with zero attached hydrogens (tertiary/aromatic N) is 1. The van der Waals surface area contributed by atoms with Crippen molar-refractivity contribution >= 4 is 0 Å². The Balaban J connectivity index is 1.70. The molecule has 0 bridgehead atoms. The van der Waals surface area contributed by atoms with Crippen molar-refractivity contribution in [1.82, 2.24) is 10.2 Å². The lowest BCUT2D eigenvalue weighted by Crippen LogP contribution is -2.46. The van der Waals surface area contributed by atoms with Gasteiger partial charge in [-0.1, -0.05) is 13.8 Å². The largest absolute Gasteiger partial charge is 0.391 e. The zero-order chi connectivity index (χ0) is 12.3. The first-order valence-corrected chi connectivity index (χ1v) is 7.32. The SMILES string of the molecule is CC(C)NCC1CCN(C2CCCC2O)CC1. The number of piperidine rings is 1. The number of hydrogen-bond donors (Lipinski definition) is 2. The van der Waals surface area contributed by atoms with Crippen LogP contribution in [0.1, 0.15) is 46.0 Å². The van der Waals surface area contributed by atoms with Gasteiger partial charge in [-0.15, -0.1) is 0 Å². The summed E-state index contributed by atoms with van der Waals surface area (Å²) in [7, 11) is 0. The lowest BCUT2D eigenvalue weighted by molar-refractivity contribution is 0.0480.